The molecular formula is C13H14BrF2N3. The Balaban J connectivity index is 1.98. The Morgan fingerprint density at radius 1 is 1.26 bits per heavy atom. The van der Waals surface area contributed by atoms with Gasteiger partial charge in [-0.3, -0.25) is 0 Å². The fourth-order valence-electron chi connectivity index (χ4n) is 2.53. The second kappa shape index (κ2) is 4.44. The summed E-state index contributed by atoms with van der Waals surface area (Å²) in [7, 11) is 1.92. The summed E-state index contributed by atoms with van der Waals surface area (Å²) in [5.74, 6) is -1.76. The molecule has 0 saturated carbocycles. The van der Waals surface area contributed by atoms with Crippen molar-refractivity contribution < 1.29 is 8.78 Å². The summed E-state index contributed by atoms with van der Waals surface area (Å²) in [5.41, 5.74) is 1.87. The lowest BCUT2D eigenvalue weighted by molar-refractivity contribution is -0.0223. The van der Waals surface area contributed by atoms with E-state index in [1.807, 2.05) is 34.7 Å². The Morgan fingerprint density at radius 2 is 1.95 bits per heavy atom. The smallest absolute Gasteiger partial charge is 0.251 e. The number of halogens is 3. The van der Waals surface area contributed by atoms with Crippen LogP contribution in [0.5, 0.6) is 0 Å². The van der Waals surface area contributed by atoms with E-state index < -0.39 is 5.92 Å². The first-order valence-electron chi connectivity index (χ1n) is 6.22. The van der Waals surface area contributed by atoms with Crippen LogP contribution in [0.15, 0.2) is 22.7 Å². The number of alkyl halides is 2. The maximum Gasteiger partial charge on any atom is 0.251 e. The van der Waals surface area contributed by atoms with Gasteiger partial charge in [-0.05, 0) is 28.1 Å². The maximum atomic E-state index is 13.2. The topological polar surface area (TPSA) is 21.1 Å². The van der Waals surface area contributed by atoms with E-state index in [9.17, 15) is 8.78 Å². The first-order chi connectivity index (χ1) is 8.98. The molecule has 0 spiro atoms. The lowest BCUT2D eigenvalue weighted by Crippen LogP contribution is -2.40. The highest BCUT2D eigenvalue weighted by atomic mass is 79.9. The first kappa shape index (κ1) is 12.8. The van der Waals surface area contributed by atoms with Gasteiger partial charge in [0.2, 0.25) is 5.95 Å². The van der Waals surface area contributed by atoms with E-state index in [1.165, 1.54) is 0 Å². The van der Waals surface area contributed by atoms with E-state index in [1.54, 1.807) is 0 Å². The van der Waals surface area contributed by atoms with Gasteiger partial charge in [0.1, 0.15) is 0 Å². The minimum Gasteiger partial charge on any atom is -0.342 e. The lowest BCUT2D eigenvalue weighted by atomic mass is 10.1. The van der Waals surface area contributed by atoms with Gasteiger partial charge in [-0.2, -0.15) is 0 Å². The number of hydrogen-bond acceptors (Lipinski definition) is 2. The number of hydrogen-bond donors (Lipinski definition) is 0. The van der Waals surface area contributed by atoms with Crippen LogP contribution in [0.1, 0.15) is 12.8 Å². The van der Waals surface area contributed by atoms with Crippen molar-refractivity contribution in [3.63, 3.8) is 0 Å². The summed E-state index contributed by atoms with van der Waals surface area (Å²) in [4.78, 5) is 6.49. The van der Waals surface area contributed by atoms with E-state index in [-0.39, 0.29) is 12.8 Å². The van der Waals surface area contributed by atoms with Crippen molar-refractivity contribution in [3.05, 3.63) is 22.7 Å². The number of anilines is 1. The molecule has 19 heavy (non-hydrogen) atoms. The van der Waals surface area contributed by atoms with Gasteiger partial charge in [-0.15, -0.1) is 0 Å². The molecule has 0 unspecified atom stereocenters. The minimum atomic E-state index is -2.53. The van der Waals surface area contributed by atoms with Gasteiger partial charge in [0.05, 0.1) is 11.0 Å². The zero-order valence-corrected chi connectivity index (χ0v) is 12.1. The molecule has 0 aliphatic carbocycles. The first-order valence-corrected chi connectivity index (χ1v) is 7.01. The summed E-state index contributed by atoms with van der Waals surface area (Å²) in [6.45, 7) is 0.698. The monoisotopic (exact) mass is 329 g/mol. The molecule has 0 amide bonds. The Bertz CT molecular complexity index is 614. The molecule has 2 aromatic rings. The summed E-state index contributed by atoms with van der Waals surface area (Å²) in [5, 5.41) is 0. The molecule has 3 nitrogen and oxygen atoms in total. The number of fused-ring (bicyclic) bond motifs is 1. The molecule has 102 valence electrons. The minimum absolute atomic E-state index is 0.0998. The van der Waals surface area contributed by atoms with Crippen molar-refractivity contribution in [1.82, 2.24) is 9.55 Å². The predicted molar refractivity (Wildman–Crippen MR) is 74.8 cm³/mol. The lowest BCUT2D eigenvalue weighted by Gasteiger charge is -2.32. The van der Waals surface area contributed by atoms with E-state index in [2.05, 4.69) is 20.9 Å². The number of para-hydroxylation sites is 1. The molecule has 0 atom stereocenters. The number of piperidine rings is 1. The quantitative estimate of drug-likeness (QED) is 0.797. The van der Waals surface area contributed by atoms with Crippen molar-refractivity contribution in [3.8, 4) is 0 Å². The molecule has 0 bridgehead atoms. The third kappa shape index (κ3) is 2.22. The highest BCUT2D eigenvalue weighted by Crippen LogP contribution is 2.32. The molecule has 1 aliphatic rings. The summed E-state index contributed by atoms with van der Waals surface area (Å²) in [6.07, 6.45) is -0.200. The number of aryl methyl sites for hydroxylation is 1. The van der Waals surface area contributed by atoms with Crippen LogP contribution < -0.4 is 4.90 Å². The van der Waals surface area contributed by atoms with Crippen molar-refractivity contribution in [2.45, 2.75) is 18.8 Å². The van der Waals surface area contributed by atoms with E-state index in [0.29, 0.717) is 13.1 Å². The molecule has 1 fully saturated rings. The molecule has 0 N–H and O–H groups in total. The van der Waals surface area contributed by atoms with E-state index >= 15 is 0 Å². The Morgan fingerprint density at radius 3 is 2.58 bits per heavy atom. The standard InChI is InChI=1S/C13H14BrF2N3/c1-18-11-9(14)3-2-4-10(11)17-12(18)19-7-5-13(15,16)6-8-19/h2-4H,5-8H2,1H3. The maximum absolute atomic E-state index is 13.2. The van der Waals surface area contributed by atoms with Gasteiger partial charge < -0.3 is 9.47 Å². The molecule has 3 rings (SSSR count). The van der Waals surface area contributed by atoms with Crippen LogP contribution in [0, 0.1) is 0 Å². The number of aromatic nitrogens is 2. The molecule has 1 aliphatic heterocycles. The number of benzene rings is 1. The van der Waals surface area contributed by atoms with Crippen molar-refractivity contribution in [2.24, 2.45) is 7.05 Å². The van der Waals surface area contributed by atoms with Crippen molar-refractivity contribution >= 4 is 32.9 Å². The highest BCUT2D eigenvalue weighted by Gasteiger charge is 2.35. The SMILES string of the molecule is Cn1c(N2CCC(F)(F)CC2)nc2cccc(Br)c21. The largest absolute Gasteiger partial charge is 0.342 e. The van der Waals surface area contributed by atoms with Crippen molar-refractivity contribution in [2.75, 3.05) is 18.0 Å². The Labute approximate surface area is 118 Å². The number of nitrogens with zero attached hydrogens (tertiary/aromatic N) is 3. The molecule has 1 aromatic heterocycles. The van der Waals surface area contributed by atoms with Gasteiger partial charge in [-0.1, -0.05) is 6.07 Å². The van der Waals surface area contributed by atoms with Crippen LogP contribution in [0.4, 0.5) is 14.7 Å². The number of imidazole rings is 1. The zero-order chi connectivity index (χ0) is 13.6. The van der Waals surface area contributed by atoms with Crippen LogP contribution in [0.25, 0.3) is 11.0 Å². The second-order valence-electron chi connectivity index (χ2n) is 4.92. The van der Waals surface area contributed by atoms with Crippen molar-refractivity contribution in [1.29, 1.82) is 0 Å². The second-order valence-corrected chi connectivity index (χ2v) is 5.78. The average Bonchev–Trinajstić information content (AvgIpc) is 2.68. The van der Waals surface area contributed by atoms with Gasteiger partial charge in [-0.25, -0.2) is 13.8 Å². The zero-order valence-electron chi connectivity index (χ0n) is 10.5. The highest BCUT2D eigenvalue weighted by molar-refractivity contribution is 9.10. The molecule has 2 heterocycles. The molecule has 1 aromatic carbocycles. The average molecular weight is 330 g/mol. The third-order valence-corrected chi connectivity index (χ3v) is 4.24. The fourth-order valence-corrected chi connectivity index (χ4v) is 3.15. The molecule has 1 saturated heterocycles. The third-order valence-electron chi connectivity index (χ3n) is 3.60. The van der Waals surface area contributed by atoms with Crippen LogP contribution in [0.2, 0.25) is 0 Å². The normalized spacial score (nSPS) is 19.1. The number of rotatable bonds is 1. The summed E-state index contributed by atoms with van der Waals surface area (Å²) >= 11 is 3.50. The van der Waals surface area contributed by atoms with Crippen LogP contribution >= 0.6 is 15.9 Å². The fraction of sp³-hybridized carbons (Fsp3) is 0.462. The van der Waals surface area contributed by atoms with Crippen LogP contribution in [-0.4, -0.2) is 28.6 Å². The van der Waals surface area contributed by atoms with Crippen LogP contribution in [-0.2, 0) is 7.05 Å². The Kier molecular flexibility index (Phi) is 3.00. The summed E-state index contributed by atoms with van der Waals surface area (Å²) < 4.78 is 29.3. The van der Waals surface area contributed by atoms with Gasteiger partial charge in [0.25, 0.3) is 5.92 Å². The molecule has 0 radical (unpaired) electrons. The van der Waals surface area contributed by atoms with E-state index in [4.69, 9.17) is 0 Å². The molecular weight excluding hydrogens is 316 g/mol. The van der Waals surface area contributed by atoms with Gasteiger partial charge in [0, 0.05) is 37.5 Å². The molecule has 6 heteroatoms. The van der Waals surface area contributed by atoms with Gasteiger partial charge in [0.15, 0.2) is 0 Å². The summed E-state index contributed by atoms with van der Waals surface area (Å²) in [6, 6.07) is 5.81. The predicted octanol–water partition coefficient (Wildman–Crippen LogP) is 3.57. The van der Waals surface area contributed by atoms with E-state index in [0.717, 1.165) is 21.5 Å². The van der Waals surface area contributed by atoms with Crippen LogP contribution in [0.3, 0.4) is 0 Å². The van der Waals surface area contributed by atoms with Gasteiger partial charge >= 0.3 is 0 Å². The Hall–Kier alpha value is -1.17.